The molecular weight excluding hydrogens is 268 g/mol. The molecule has 1 amide bonds. The van der Waals surface area contributed by atoms with Crippen molar-refractivity contribution in [3.63, 3.8) is 0 Å². The normalized spacial score (nSPS) is 12.7. The number of hydrogen-bond donors (Lipinski definition) is 1. The number of amides is 1. The highest BCUT2D eigenvalue weighted by Gasteiger charge is 2.21. The van der Waals surface area contributed by atoms with Crippen LogP contribution in [0.5, 0.6) is 0 Å². The Kier molecular flexibility index (Phi) is 4.57. The number of rotatable bonds is 4. The van der Waals surface area contributed by atoms with Crippen LogP contribution >= 0.6 is 0 Å². The SMILES string of the molecule is CC(C)(C)OC(=O)N[C@H](Cn1ccnn1)c1ccccc1. The topological polar surface area (TPSA) is 69.0 Å². The molecule has 112 valence electrons. The van der Waals surface area contributed by atoms with Gasteiger partial charge < -0.3 is 10.1 Å². The molecule has 1 aromatic heterocycles. The summed E-state index contributed by atoms with van der Waals surface area (Å²) < 4.78 is 6.99. The molecule has 0 spiro atoms. The Morgan fingerprint density at radius 1 is 1.33 bits per heavy atom. The van der Waals surface area contributed by atoms with E-state index in [-0.39, 0.29) is 6.04 Å². The molecule has 0 fully saturated rings. The predicted molar refractivity (Wildman–Crippen MR) is 78.6 cm³/mol. The number of aromatic nitrogens is 3. The Bertz CT molecular complexity index is 561. The van der Waals surface area contributed by atoms with Gasteiger partial charge in [0, 0.05) is 6.20 Å². The lowest BCUT2D eigenvalue weighted by molar-refractivity contribution is 0.0497. The first kappa shape index (κ1) is 15.0. The Hall–Kier alpha value is -2.37. The second-order valence-electron chi connectivity index (χ2n) is 5.73. The standard InChI is InChI=1S/C15H20N4O2/c1-15(2,3)21-14(20)17-13(11-19-10-9-16-18-19)12-7-5-4-6-8-12/h4-10,13H,11H2,1-3H3,(H,17,20)/t13-/m1/s1. The third-order valence-corrected chi connectivity index (χ3v) is 2.73. The molecule has 0 bridgehead atoms. The monoisotopic (exact) mass is 288 g/mol. The van der Waals surface area contributed by atoms with E-state index >= 15 is 0 Å². The van der Waals surface area contributed by atoms with Crippen molar-refractivity contribution < 1.29 is 9.53 Å². The van der Waals surface area contributed by atoms with Crippen LogP contribution in [0.25, 0.3) is 0 Å². The zero-order chi connectivity index (χ0) is 15.3. The van der Waals surface area contributed by atoms with Gasteiger partial charge in [0.15, 0.2) is 0 Å². The second kappa shape index (κ2) is 6.39. The largest absolute Gasteiger partial charge is 0.444 e. The predicted octanol–water partition coefficient (Wildman–Crippen LogP) is 2.54. The number of hydrogen-bond acceptors (Lipinski definition) is 4. The highest BCUT2D eigenvalue weighted by Crippen LogP contribution is 2.16. The fourth-order valence-corrected chi connectivity index (χ4v) is 1.89. The summed E-state index contributed by atoms with van der Waals surface area (Å²) in [5, 5.41) is 10.6. The van der Waals surface area contributed by atoms with Gasteiger partial charge in [-0.25, -0.2) is 4.79 Å². The van der Waals surface area contributed by atoms with Crippen LogP contribution in [0.4, 0.5) is 4.79 Å². The minimum atomic E-state index is -0.529. The average molecular weight is 288 g/mol. The molecule has 0 saturated heterocycles. The minimum Gasteiger partial charge on any atom is -0.444 e. The van der Waals surface area contributed by atoms with Crippen LogP contribution < -0.4 is 5.32 Å². The molecule has 1 atom stereocenters. The third kappa shape index (κ3) is 4.91. The smallest absolute Gasteiger partial charge is 0.408 e. The number of carbonyl (C=O) groups is 1. The molecule has 0 saturated carbocycles. The molecule has 1 N–H and O–H groups in total. The van der Waals surface area contributed by atoms with Crippen molar-refractivity contribution >= 4 is 6.09 Å². The Balaban J connectivity index is 2.11. The van der Waals surface area contributed by atoms with E-state index in [1.54, 1.807) is 17.1 Å². The summed E-state index contributed by atoms with van der Waals surface area (Å²) in [5.41, 5.74) is 0.456. The van der Waals surface area contributed by atoms with Crippen LogP contribution in [-0.4, -0.2) is 26.7 Å². The molecule has 6 nitrogen and oxygen atoms in total. The van der Waals surface area contributed by atoms with Crippen molar-refractivity contribution in [2.24, 2.45) is 0 Å². The van der Waals surface area contributed by atoms with Gasteiger partial charge in [0.1, 0.15) is 5.60 Å². The van der Waals surface area contributed by atoms with E-state index in [0.717, 1.165) is 5.56 Å². The van der Waals surface area contributed by atoms with Crippen molar-refractivity contribution in [1.82, 2.24) is 20.3 Å². The van der Waals surface area contributed by atoms with E-state index < -0.39 is 11.7 Å². The zero-order valence-corrected chi connectivity index (χ0v) is 12.5. The summed E-state index contributed by atoms with van der Waals surface area (Å²) in [6.45, 7) is 5.99. The summed E-state index contributed by atoms with van der Waals surface area (Å²) in [7, 11) is 0. The van der Waals surface area contributed by atoms with Gasteiger partial charge in [0.05, 0.1) is 18.8 Å². The number of benzene rings is 1. The Labute approximate surface area is 124 Å². The number of alkyl carbamates (subject to hydrolysis) is 1. The van der Waals surface area contributed by atoms with E-state index in [1.165, 1.54) is 0 Å². The third-order valence-electron chi connectivity index (χ3n) is 2.73. The van der Waals surface area contributed by atoms with Crippen LogP contribution in [-0.2, 0) is 11.3 Å². The van der Waals surface area contributed by atoms with Crippen LogP contribution in [0.3, 0.4) is 0 Å². The van der Waals surface area contributed by atoms with E-state index in [1.807, 2.05) is 51.1 Å². The molecule has 0 unspecified atom stereocenters. The van der Waals surface area contributed by atoms with E-state index in [4.69, 9.17) is 4.74 Å². The quantitative estimate of drug-likeness (QED) is 0.938. The van der Waals surface area contributed by atoms with Gasteiger partial charge in [-0.3, -0.25) is 4.68 Å². The first-order valence-electron chi connectivity index (χ1n) is 6.82. The summed E-state index contributed by atoms with van der Waals surface area (Å²) in [5.74, 6) is 0. The average Bonchev–Trinajstić information content (AvgIpc) is 2.90. The van der Waals surface area contributed by atoms with Crippen LogP contribution in [0, 0.1) is 0 Å². The molecular formula is C15H20N4O2. The fourth-order valence-electron chi connectivity index (χ4n) is 1.89. The highest BCUT2D eigenvalue weighted by molar-refractivity contribution is 5.68. The number of nitrogens with one attached hydrogen (secondary N) is 1. The van der Waals surface area contributed by atoms with Crippen LogP contribution in [0.15, 0.2) is 42.7 Å². The Morgan fingerprint density at radius 3 is 2.62 bits per heavy atom. The lowest BCUT2D eigenvalue weighted by atomic mass is 10.1. The van der Waals surface area contributed by atoms with Crippen molar-refractivity contribution in [1.29, 1.82) is 0 Å². The molecule has 6 heteroatoms. The molecule has 0 aliphatic rings. The molecule has 0 aliphatic carbocycles. The maximum absolute atomic E-state index is 12.0. The number of carbonyl (C=O) groups excluding carboxylic acids is 1. The summed E-state index contributed by atoms with van der Waals surface area (Å²) in [4.78, 5) is 12.0. The van der Waals surface area contributed by atoms with Crippen molar-refractivity contribution in [2.45, 2.75) is 39.0 Å². The summed E-state index contributed by atoms with van der Waals surface area (Å²) >= 11 is 0. The van der Waals surface area contributed by atoms with Crippen molar-refractivity contribution in [3.05, 3.63) is 48.3 Å². The lowest BCUT2D eigenvalue weighted by Crippen LogP contribution is -2.36. The van der Waals surface area contributed by atoms with Crippen molar-refractivity contribution in [2.75, 3.05) is 0 Å². The van der Waals surface area contributed by atoms with Gasteiger partial charge in [-0.2, -0.15) is 0 Å². The maximum atomic E-state index is 12.0. The summed E-state index contributed by atoms with van der Waals surface area (Å²) in [6, 6.07) is 9.48. The van der Waals surface area contributed by atoms with Gasteiger partial charge in [-0.1, -0.05) is 35.5 Å². The first-order valence-corrected chi connectivity index (χ1v) is 6.82. The van der Waals surface area contributed by atoms with E-state index in [0.29, 0.717) is 6.54 Å². The lowest BCUT2D eigenvalue weighted by Gasteiger charge is -2.23. The fraction of sp³-hybridized carbons (Fsp3) is 0.400. The maximum Gasteiger partial charge on any atom is 0.408 e. The van der Waals surface area contributed by atoms with Gasteiger partial charge in [-0.05, 0) is 26.3 Å². The van der Waals surface area contributed by atoms with Gasteiger partial charge in [0.2, 0.25) is 0 Å². The molecule has 0 radical (unpaired) electrons. The van der Waals surface area contributed by atoms with Crippen LogP contribution in [0.1, 0.15) is 32.4 Å². The Morgan fingerprint density at radius 2 is 2.05 bits per heavy atom. The molecule has 1 heterocycles. The van der Waals surface area contributed by atoms with Crippen molar-refractivity contribution in [3.8, 4) is 0 Å². The van der Waals surface area contributed by atoms with Gasteiger partial charge in [0.25, 0.3) is 0 Å². The molecule has 0 aliphatic heterocycles. The molecule has 2 aromatic rings. The summed E-state index contributed by atoms with van der Waals surface area (Å²) in [6.07, 6.45) is 2.92. The van der Waals surface area contributed by atoms with Gasteiger partial charge in [-0.15, -0.1) is 5.10 Å². The molecule has 21 heavy (non-hydrogen) atoms. The number of nitrogens with zero attached hydrogens (tertiary/aromatic N) is 3. The molecule has 1 aromatic carbocycles. The number of ether oxygens (including phenoxy) is 1. The zero-order valence-electron chi connectivity index (χ0n) is 12.5. The van der Waals surface area contributed by atoms with E-state index in [9.17, 15) is 4.79 Å². The molecule has 2 rings (SSSR count). The van der Waals surface area contributed by atoms with E-state index in [2.05, 4.69) is 15.6 Å². The van der Waals surface area contributed by atoms with Gasteiger partial charge >= 0.3 is 6.09 Å². The second-order valence-corrected chi connectivity index (χ2v) is 5.73. The van der Waals surface area contributed by atoms with Crippen LogP contribution in [0.2, 0.25) is 0 Å². The minimum absolute atomic E-state index is 0.234. The first-order chi connectivity index (χ1) is 9.94. The highest BCUT2D eigenvalue weighted by atomic mass is 16.6.